The van der Waals surface area contributed by atoms with Crippen LogP contribution in [0.25, 0.3) is 11.1 Å². The highest BCUT2D eigenvalue weighted by Crippen LogP contribution is 2.44. The van der Waals surface area contributed by atoms with Crippen molar-refractivity contribution in [2.75, 3.05) is 13.7 Å². The number of nitrogens with one attached hydrogen (secondary N) is 1. The average Bonchev–Trinajstić information content (AvgIpc) is 3.45. The molecular weight excluding hydrogens is 448 g/mol. The molecule has 0 bridgehead atoms. The molecule has 4 rings (SSSR count). The molecule has 8 nitrogen and oxygen atoms in total. The second-order valence-corrected chi connectivity index (χ2v) is 8.60. The molecule has 0 spiro atoms. The Kier molecular flexibility index (Phi) is 7.19. The van der Waals surface area contributed by atoms with Gasteiger partial charge in [0.25, 0.3) is 0 Å². The van der Waals surface area contributed by atoms with Gasteiger partial charge in [0.1, 0.15) is 12.4 Å². The topological polar surface area (TPSA) is 109 Å². The van der Waals surface area contributed by atoms with Crippen LogP contribution in [0.4, 0.5) is 4.79 Å². The predicted molar refractivity (Wildman–Crippen MR) is 129 cm³/mol. The van der Waals surface area contributed by atoms with Gasteiger partial charge in [0.2, 0.25) is 11.7 Å². The number of carboxylic acid groups (broad SMARTS) is 1. The van der Waals surface area contributed by atoms with Crippen LogP contribution in [-0.4, -0.2) is 47.7 Å². The molecule has 0 aliphatic heterocycles. The van der Waals surface area contributed by atoms with E-state index < -0.39 is 18.1 Å². The zero-order chi connectivity index (χ0) is 24.9. The largest absolute Gasteiger partial charge is 0.475 e. The minimum atomic E-state index is -1.16. The number of fused-ring (bicyclic) bond motifs is 3. The number of hydrogen-bond acceptors (Lipinski definition) is 5. The molecule has 3 aromatic rings. The Hall–Kier alpha value is -4.07. The van der Waals surface area contributed by atoms with Gasteiger partial charge >= 0.3 is 12.1 Å². The van der Waals surface area contributed by atoms with E-state index in [-0.39, 0.29) is 37.2 Å². The highest BCUT2D eigenvalue weighted by atomic mass is 16.5. The lowest BCUT2D eigenvalue weighted by atomic mass is 9.98. The van der Waals surface area contributed by atoms with E-state index in [0.717, 1.165) is 22.3 Å². The Bertz CT molecular complexity index is 1190. The van der Waals surface area contributed by atoms with Gasteiger partial charge in [-0.15, -0.1) is 0 Å². The van der Waals surface area contributed by atoms with E-state index in [1.165, 1.54) is 17.0 Å². The Balaban J connectivity index is 1.31. The van der Waals surface area contributed by atoms with E-state index in [9.17, 15) is 14.4 Å². The van der Waals surface area contributed by atoms with Crippen LogP contribution < -0.4 is 5.32 Å². The summed E-state index contributed by atoms with van der Waals surface area (Å²) in [5, 5.41) is 11.8. The number of carbonyl (C=O) groups is 3. The lowest BCUT2D eigenvalue weighted by molar-refractivity contribution is -0.131. The molecule has 0 unspecified atom stereocenters. The van der Waals surface area contributed by atoms with Gasteiger partial charge in [-0.2, -0.15) is 0 Å². The standard InChI is InChI=1S/C27H28N2O6/c1-3-17(14-25(30)29(2)15-18-12-13-24(35-18)26(31)32)28-27(33)34-16-23-21-10-6-4-8-19(21)20-9-5-7-11-22(20)23/h4-13,17,23H,3,14-16H2,1-2H3,(H,28,33)(H,31,32)/t17-/m0/s1. The first-order valence-corrected chi connectivity index (χ1v) is 11.5. The SMILES string of the molecule is CC[C@@H](CC(=O)N(C)Cc1ccc(C(=O)O)o1)NC(=O)OCC1c2ccccc2-c2ccccc21. The van der Waals surface area contributed by atoms with Crippen LogP contribution >= 0.6 is 0 Å². The molecule has 0 radical (unpaired) electrons. The smallest absolute Gasteiger partial charge is 0.407 e. The van der Waals surface area contributed by atoms with Gasteiger partial charge in [0.15, 0.2) is 0 Å². The van der Waals surface area contributed by atoms with E-state index in [2.05, 4.69) is 29.6 Å². The third-order valence-electron chi connectivity index (χ3n) is 6.27. The molecule has 0 saturated carbocycles. The normalized spacial score (nSPS) is 13.0. The lowest BCUT2D eigenvalue weighted by Crippen LogP contribution is -2.39. The van der Waals surface area contributed by atoms with Crippen molar-refractivity contribution < 1.29 is 28.6 Å². The minimum Gasteiger partial charge on any atom is -0.475 e. The molecule has 2 N–H and O–H groups in total. The summed E-state index contributed by atoms with van der Waals surface area (Å²) in [6.45, 7) is 2.22. The van der Waals surface area contributed by atoms with Crippen molar-refractivity contribution in [3.63, 3.8) is 0 Å². The number of furan rings is 1. The number of alkyl carbamates (subject to hydrolysis) is 1. The number of ether oxygens (including phenoxy) is 1. The Morgan fingerprint density at radius 1 is 1.03 bits per heavy atom. The van der Waals surface area contributed by atoms with Crippen molar-refractivity contribution >= 4 is 18.0 Å². The van der Waals surface area contributed by atoms with E-state index in [1.54, 1.807) is 7.05 Å². The molecule has 0 fully saturated rings. The first-order chi connectivity index (χ1) is 16.9. The number of benzene rings is 2. The fraction of sp³-hybridized carbons (Fsp3) is 0.296. The van der Waals surface area contributed by atoms with Gasteiger partial charge in [-0.25, -0.2) is 9.59 Å². The Morgan fingerprint density at radius 2 is 1.66 bits per heavy atom. The maximum atomic E-state index is 12.7. The molecule has 1 atom stereocenters. The quantitative estimate of drug-likeness (QED) is 0.466. The summed E-state index contributed by atoms with van der Waals surface area (Å²) in [6.07, 6.45) is 0.0727. The van der Waals surface area contributed by atoms with Crippen molar-refractivity contribution in [2.45, 2.75) is 38.3 Å². The number of carbonyl (C=O) groups excluding carboxylic acids is 2. The molecule has 1 heterocycles. The van der Waals surface area contributed by atoms with E-state index in [1.807, 2.05) is 31.2 Å². The molecule has 8 heteroatoms. The summed E-state index contributed by atoms with van der Waals surface area (Å²) >= 11 is 0. The maximum Gasteiger partial charge on any atom is 0.407 e. The summed E-state index contributed by atoms with van der Waals surface area (Å²) in [7, 11) is 1.60. The van der Waals surface area contributed by atoms with Crippen LogP contribution in [0.2, 0.25) is 0 Å². The fourth-order valence-corrected chi connectivity index (χ4v) is 4.37. The fourth-order valence-electron chi connectivity index (χ4n) is 4.37. The van der Waals surface area contributed by atoms with Gasteiger partial charge in [-0.05, 0) is 40.8 Å². The number of hydrogen-bond donors (Lipinski definition) is 2. The van der Waals surface area contributed by atoms with E-state index in [0.29, 0.717) is 12.2 Å². The third kappa shape index (κ3) is 5.37. The van der Waals surface area contributed by atoms with Crippen molar-refractivity contribution in [3.05, 3.63) is 83.3 Å². The zero-order valence-corrected chi connectivity index (χ0v) is 19.7. The average molecular weight is 477 g/mol. The Morgan fingerprint density at radius 3 is 2.23 bits per heavy atom. The number of carboxylic acids is 1. The summed E-state index contributed by atoms with van der Waals surface area (Å²) < 4.78 is 10.8. The monoisotopic (exact) mass is 476 g/mol. The number of amides is 2. The van der Waals surface area contributed by atoms with Crippen LogP contribution in [0, 0.1) is 0 Å². The van der Waals surface area contributed by atoms with Gasteiger partial charge in [0.05, 0.1) is 6.54 Å². The maximum absolute atomic E-state index is 12.7. The molecule has 1 aliphatic carbocycles. The molecular formula is C27H28N2O6. The summed E-state index contributed by atoms with van der Waals surface area (Å²) in [5.41, 5.74) is 4.58. The second-order valence-electron chi connectivity index (χ2n) is 8.60. The minimum absolute atomic E-state index is 0.0371. The molecule has 182 valence electrons. The highest BCUT2D eigenvalue weighted by molar-refractivity contribution is 5.84. The van der Waals surface area contributed by atoms with Crippen molar-refractivity contribution in [2.24, 2.45) is 0 Å². The summed E-state index contributed by atoms with van der Waals surface area (Å²) in [5.74, 6) is -1.21. The predicted octanol–water partition coefficient (Wildman–Crippen LogP) is 4.64. The van der Waals surface area contributed by atoms with Gasteiger partial charge < -0.3 is 24.5 Å². The third-order valence-corrected chi connectivity index (χ3v) is 6.27. The van der Waals surface area contributed by atoms with E-state index in [4.69, 9.17) is 14.3 Å². The molecule has 2 aromatic carbocycles. The molecule has 35 heavy (non-hydrogen) atoms. The van der Waals surface area contributed by atoms with Gasteiger partial charge in [-0.3, -0.25) is 4.79 Å². The van der Waals surface area contributed by atoms with Crippen LogP contribution in [0.5, 0.6) is 0 Å². The van der Waals surface area contributed by atoms with Crippen molar-refractivity contribution in [1.29, 1.82) is 0 Å². The molecule has 2 amide bonds. The summed E-state index contributed by atoms with van der Waals surface area (Å²) in [4.78, 5) is 37.6. The molecule has 1 aromatic heterocycles. The van der Waals surface area contributed by atoms with Crippen LogP contribution in [0.1, 0.15) is 53.1 Å². The van der Waals surface area contributed by atoms with Gasteiger partial charge in [0, 0.05) is 25.4 Å². The molecule has 1 aliphatic rings. The lowest BCUT2D eigenvalue weighted by Gasteiger charge is -2.21. The van der Waals surface area contributed by atoms with Crippen LogP contribution in [-0.2, 0) is 16.1 Å². The first-order valence-electron chi connectivity index (χ1n) is 11.5. The van der Waals surface area contributed by atoms with Gasteiger partial charge in [-0.1, -0.05) is 55.5 Å². The number of nitrogens with zero attached hydrogens (tertiary/aromatic N) is 1. The van der Waals surface area contributed by atoms with Crippen molar-refractivity contribution in [1.82, 2.24) is 10.2 Å². The zero-order valence-electron chi connectivity index (χ0n) is 19.7. The van der Waals surface area contributed by atoms with E-state index >= 15 is 0 Å². The molecule has 0 saturated heterocycles. The Labute approximate surface area is 203 Å². The van der Waals surface area contributed by atoms with Crippen molar-refractivity contribution in [3.8, 4) is 11.1 Å². The summed E-state index contributed by atoms with van der Waals surface area (Å²) in [6, 6.07) is 18.7. The number of aromatic carboxylic acids is 1. The second kappa shape index (κ2) is 10.5. The highest BCUT2D eigenvalue weighted by Gasteiger charge is 2.29. The van der Waals surface area contributed by atoms with Crippen LogP contribution in [0.3, 0.4) is 0 Å². The van der Waals surface area contributed by atoms with Crippen LogP contribution in [0.15, 0.2) is 65.1 Å². The first kappa shape index (κ1) is 24.1. The number of rotatable bonds is 9.